The topological polar surface area (TPSA) is 35.2 Å². The Kier molecular flexibility index (Phi) is 4.17. The number of aryl methyl sites for hydroxylation is 1. The predicted molar refractivity (Wildman–Crippen MR) is 76.3 cm³/mol. The number of nitrogen functional groups attached to an aromatic ring is 1. The standard InChI is InChI=1S/C14H12Cl2FNO/c1-8-2-3-10(17)4-9(8)7-19-14-6-12(16)11(15)5-13(14)18/h2-6H,7,18H2,1H3. The molecule has 0 atom stereocenters. The lowest BCUT2D eigenvalue weighted by Gasteiger charge is -2.11. The number of benzene rings is 2. The second-order valence-electron chi connectivity index (χ2n) is 4.16. The molecule has 0 spiro atoms. The Balaban J connectivity index is 2.19. The van der Waals surface area contributed by atoms with E-state index in [0.29, 0.717) is 21.5 Å². The Morgan fingerprint density at radius 3 is 2.58 bits per heavy atom. The molecular weight excluding hydrogens is 288 g/mol. The number of ether oxygens (including phenoxy) is 1. The first-order valence-corrected chi connectivity index (χ1v) is 6.35. The SMILES string of the molecule is Cc1ccc(F)cc1COc1cc(Cl)c(Cl)cc1N. The summed E-state index contributed by atoms with van der Waals surface area (Å²) in [6.45, 7) is 2.10. The Bertz CT molecular complexity index is 617. The average Bonchev–Trinajstić information content (AvgIpc) is 2.36. The third-order valence-electron chi connectivity index (χ3n) is 2.75. The van der Waals surface area contributed by atoms with Gasteiger partial charge in [-0.15, -0.1) is 0 Å². The van der Waals surface area contributed by atoms with E-state index in [0.717, 1.165) is 11.1 Å². The molecule has 2 aromatic rings. The largest absolute Gasteiger partial charge is 0.487 e. The lowest BCUT2D eigenvalue weighted by molar-refractivity contribution is 0.306. The second-order valence-corrected chi connectivity index (χ2v) is 4.98. The van der Waals surface area contributed by atoms with Gasteiger partial charge < -0.3 is 10.5 Å². The van der Waals surface area contributed by atoms with Gasteiger partial charge in [0, 0.05) is 6.07 Å². The van der Waals surface area contributed by atoms with Crippen LogP contribution in [-0.4, -0.2) is 0 Å². The molecule has 0 amide bonds. The molecule has 2 nitrogen and oxygen atoms in total. The fourth-order valence-corrected chi connectivity index (χ4v) is 1.95. The van der Waals surface area contributed by atoms with E-state index >= 15 is 0 Å². The predicted octanol–water partition coefficient (Wildman–Crippen LogP) is 4.60. The lowest BCUT2D eigenvalue weighted by Crippen LogP contribution is -2.01. The summed E-state index contributed by atoms with van der Waals surface area (Å²) in [7, 11) is 0. The van der Waals surface area contributed by atoms with Gasteiger partial charge in [-0.25, -0.2) is 4.39 Å². The number of anilines is 1. The van der Waals surface area contributed by atoms with Crippen molar-refractivity contribution in [3.05, 3.63) is 57.3 Å². The summed E-state index contributed by atoms with van der Waals surface area (Å²) in [6.07, 6.45) is 0. The molecule has 2 rings (SSSR count). The van der Waals surface area contributed by atoms with E-state index in [4.69, 9.17) is 33.7 Å². The van der Waals surface area contributed by atoms with E-state index < -0.39 is 0 Å². The van der Waals surface area contributed by atoms with Crippen molar-refractivity contribution in [1.29, 1.82) is 0 Å². The highest BCUT2D eigenvalue weighted by Crippen LogP contribution is 2.32. The van der Waals surface area contributed by atoms with Crippen molar-refractivity contribution in [2.24, 2.45) is 0 Å². The summed E-state index contributed by atoms with van der Waals surface area (Å²) in [4.78, 5) is 0. The van der Waals surface area contributed by atoms with Crippen molar-refractivity contribution in [2.45, 2.75) is 13.5 Å². The molecule has 5 heteroatoms. The Morgan fingerprint density at radius 1 is 1.16 bits per heavy atom. The van der Waals surface area contributed by atoms with Crippen molar-refractivity contribution < 1.29 is 9.13 Å². The zero-order valence-corrected chi connectivity index (χ0v) is 11.7. The molecule has 0 bridgehead atoms. The molecule has 0 aromatic heterocycles. The molecule has 0 saturated carbocycles. The maximum Gasteiger partial charge on any atom is 0.144 e. The van der Waals surface area contributed by atoms with Crippen molar-refractivity contribution >= 4 is 28.9 Å². The summed E-state index contributed by atoms with van der Waals surface area (Å²) in [5, 5.41) is 0.732. The number of hydrogen-bond acceptors (Lipinski definition) is 2. The van der Waals surface area contributed by atoms with Gasteiger partial charge >= 0.3 is 0 Å². The molecule has 0 unspecified atom stereocenters. The fraction of sp³-hybridized carbons (Fsp3) is 0.143. The Labute approximate surface area is 120 Å². The van der Waals surface area contributed by atoms with E-state index in [1.807, 2.05) is 6.92 Å². The van der Waals surface area contributed by atoms with Gasteiger partial charge in [-0.2, -0.15) is 0 Å². The maximum absolute atomic E-state index is 13.2. The zero-order valence-electron chi connectivity index (χ0n) is 10.2. The smallest absolute Gasteiger partial charge is 0.144 e. The van der Waals surface area contributed by atoms with Gasteiger partial charge in [0.05, 0.1) is 15.7 Å². The zero-order chi connectivity index (χ0) is 14.0. The first-order chi connectivity index (χ1) is 8.97. The van der Waals surface area contributed by atoms with Crippen LogP contribution < -0.4 is 10.5 Å². The highest BCUT2D eigenvalue weighted by Gasteiger charge is 2.08. The van der Waals surface area contributed by atoms with Crippen LogP contribution in [0.5, 0.6) is 5.75 Å². The van der Waals surface area contributed by atoms with Gasteiger partial charge in [-0.05, 0) is 36.2 Å². The quantitative estimate of drug-likeness (QED) is 0.841. The number of nitrogens with two attached hydrogens (primary N) is 1. The minimum atomic E-state index is -0.300. The fourth-order valence-electron chi connectivity index (χ4n) is 1.62. The number of hydrogen-bond donors (Lipinski definition) is 1. The van der Waals surface area contributed by atoms with E-state index in [2.05, 4.69) is 0 Å². The molecule has 0 aliphatic heterocycles. The van der Waals surface area contributed by atoms with Crippen LogP contribution >= 0.6 is 23.2 Å². The second kappa shape index (κ2) is 5.68. The average molecular weight is 300 g/mol. The molecular formula is C14H12Cl2FNO. The molecule has 0 heterocycles. The monoisotopic (exact) mass is 299 g/mol. The van der Waals surface area contributed by atoms with Crippen LogP contribution in [0.25, 0.3) is 0 Å². The molecule has 100 valence electrons. The maximum atomic E-state index is 13.2. The number of rotatable bonds is 3. The van der Waals surface area contributed by atoms with Crippen LogP contribution in [0.4, 0.5) is 10.1 Å². The van der Waals surface area contributed by atoms with Crippen molar-refractivity contribution in [2.75, 3.05) is 5.73 Å². The molecule has 0 fully saturated rings. The summed E-state index contributed by atoms with van der Waals surface area (Å²) in [5.74, 6) is 0.129. The van der Waals surface area contributed by atoms with Crippen LogP contribution in [0.1, 0.15) is 11.1 Å². The van der Waals surface area contributed by atoms with Crippen LogP contribution in [0.3, 0.4) is 0 Å². The molecule has 0 aliphatic rings. The summed E-state index contributed by atoms with van der Waals surface area (Å²) in [5.41, 5.74) is 7.87. The van der Waals surface area contributed by atoms with Crippen molar-refractivity contribution in [3.8, 4) is 5.75 Å². The van der Waals surface area contributed by atoms with Gasteiger partial charge in [0.25, 0.3) is 0 Å². The summed E-state index contributed by atoms with van der Waals surface area (Å²) >= 11 is 11.7. The molecule has 0 radical (unpaired) electrons. The van der Waals surface area contributed by atoms with Crippen molar-refractivity contribution in [1.82, 2.24) is 0 Å². The molecule has 2 aromatic carbocycles. The summed E-state index contributed by atoms with van der Waals surface area (Å²) < 4.78 is 18.7. The van der Waals surface area contributed by atoms with E-state index in [1.165, 1.54) is 18.2 Å². The normalized spacial score (nSPS) is 10.5. The van der Waals surface area contributed by atoms with E-state index in [9.17, 15) is 4.39 Å². The van der Waals surface area contributed by atoms with Crippen LogP contribution in [0.2, 0.25) is 10.0 Å². The van der Waals surface area contributed by atoms with Crippen molar-refractivity contribution in [3.63, 3.8) is 0 Å². The molecule has 0 aliphatic carbocycles. The highest BCUT2D eigenvalue weighted by molar-refractivity contribution is 6.42. The van der Waals surface area contributed by atoms with Gasteiger partial charge in [-0.1, -0.05) is 29.3 Å². The molecule has 19 heavy (non-hydrogen) atoms. The van der Waals surface area contributed by atoms with Gasteiger partial charge in [0.15, 0.2) is 0 Å². The first kappa shape index (κ1) is 14.0. The number of halogens is 3. The summed E-state index contributed by atoms with van der Waals surface area (Å²) in [6, 6.07) is 7.62. The third-order valence-corrected chi connectivity index (χ3v) is 3.47. The third kappa shape index (κ3) is 3.31. The van der Waals surface area contributed by atoms with Crippen LogP contribution in [0, 0.1) is 12.7 Å². The van der Waals surface area contributed by atoms with Gasteiger partial charge in [0.2, 0.25) is 0 Å². The minimum Gasteiger partial charge on any atom is -0.487 e. The van der Waals surface area contributed by atoms with Crippen LogP contribution in [-0.2, 0) is 6.61 Å². The van der Waals surface area contributed by atoms with Crippen LogP contribution in [0.15, 0.2) is 30.3 Å². The Hall–Kier alpha value is -1.45. The molecule has 2 N–H and O–H groups in total. The Morgan fingerprint density at radius 2 is 1.84 bits per heavy atom. The minimum absolute atomic E-state index is 0.214. The van der Waals surface area contributed by atoms with E-state index in [1.54, 1.807) is 12.1 Å². The molecule has 0 saturated heterocycles. The highest BCUT2D eigenvalue weighted by atomic mass is 35.5. The lowest BCUT2D eigenvalue weighted by atomic mass is 10.1. The first-order valence-electron chi connectivity index (χ1n) is 5.59. The van der Waals surface area contributed by atoms with Gasteiger partial charge in [-0.3, -0.25) is 0 Å². The van der Waals surface area contributed by atoms with E-state index in [-0.39, 0.29) is 12.4 Å². The van der Waals surface area contributed by atoms with Gasteiger partial charge in [0.1, 0.15) is 18.2 Å².